The summed E-state index contributed by atoms with van der Waals surface area (Å²) in [7, 11) is 0. The molecule has 3 aromatic carbocycles. The summed E-state index contributed by atoms with van der Waals surface area (Å²) in [5, 5.41) is 30.3. The summed E-state index contributed by atoms with van der Waals surface area (Å²) in [5.74, 6) is 0.0597. The van der Waals surface area contributed by atoms with Gasteiger partial charge in [-0.15, -0.1) is 10.2 Å². The van der Waals surface area contributed by atoms with Gasteiger partial charge < -0.3 is 20.6 Å². The minimum atomic E-state index is -0.825. The lowest BCUT2D eigenvalue weighted by molar-refractivity contribution is -0.127. The molecule has 0 bridgehead atoms. The molecule has 0 fully saturated rings. The number of nitrogens with one attached hydrogen (secondary N) is 3. The van der Waals surface area contributed by atoms with Gasteiger partial charge in [-0.25, -0.2) is 0 Å². The first-order valence-electron chi connectivity index (χ1n) is 14.3. The molecule has 43 heavy (non-hydrogen) atoms. The van der Waals surface area contributed by atoms with E-state index in [4.69, 9.17) is 0 Å². The maximum absolute atomic E-state index is 14.0. The summed E-state index contributed by atoms with van der Waals surface area (Å²) < 4.78 is 0. The van der Waals surface area contributed by atoms with Crippen molar-refractivity contribution < 1.29 is 14.7 Å². The summed E-state index contributed by atoms with van der Waals surface area (Å²) in [6.07, 6.45) is 1.45. The van der Waals surface area contributed by atoms with Crippen LogP contribution in [-0.2, 0) is 16.1 Å². The van der Waals surface area contributed by atoms with Crippen LogP contribution in [0.3, 0.4) is 0 Å². The van der Waals surface area contributed by atoms with Crippen LogP contribution in [-0.4, -0.2) is 61.8 Å². The van der Waals surface area contributed by atoms with Gasteiger partial charge in [-0.2, -0.15) is 5.21 Å². The monoisotopic (exact) mass is 579 g/mol. The average Bonchev–Trinajstić information content (AvgIpc) is 3.51. The molecule has 2 amide bonds. The molecule has 10 heteroatoms. The molecule has 0 radical (unpaired) electrons. The Morgan fingerprint density at radius 3 is 2.37 bits per heavy atom. The number of aromatic nitrogens is 4. The van der Waals surface area contributed by atoms with E-state index in [0.717, 1.165) is 39.1 Å². The number of carbonyl (C=O) groups is 2. The molecule has 1 aliphatic rings. The van der Waals surface area contributed by atoms with Crippen LogP contribution >= 0.6 is 0 Å². The van der Waals surface area contributed by atoms with E-state index in [-0.39, 0.29) is 18.2 Å². The largest absolute Gasteiger partial charge is 0.392 e. The third-order valence-electron chi connectivity index (χ3n) is 7.48. The summed E-state index contributed by atoms with van der Waals surface area (Å²) >= 11 is 0. The highest BCUT2D eigenvalue weighted by molar-refractivity contribution is 6.05. The Kier molecular flexibility index (Phi) is 8.79. The van der Waals surface area contributed by atoms with Crippen LogP contribution in [0.25, 0.3) is 28.1 Å². The summed E-state index contributed by atoms with van der Waals surface area (Å²) in [4.78, 5) is 28.9. The Balaban J connectivity index is 1.38. The fourth-order valence-corrected chi connectivity index (χ4v) is 5.30. The number of H-pyrrole nitrogens is 1. The van der Waals surface area contributed by atoms with Gasteiger partial charge in [0.25, 0.3) is 5.91 Å². The van der Waals surface area contributed by atoms with Crippen LogP contribution in [0.15, 0.2) is 78.9 Å². The normalized spacial score (nSPS) is 15.8. The number of hydrogen-bond acceptors (Lipinski definition) is 7. The number of para-hydroxylation sites is 1. The molecule has 4 N–H and O–H groups in total. The molecule has 0 saturated carbocycles. The minimum absolute atomic E-state index is 0.149. The Bertz CT molecular complexity index is 1610. The van der Waals surface area contributed by atoms with E-state index in [0.29, 0.717) is 18.9 Å². The van der Waals surface area contributed by atoms with Crippen LogP contribution in [0.1, 0.15) is 45.2 Å². The van der Waals surface area contributed by atoms with E-state index < -0.39 is 17.7 Å². The molecule has 0 spiro atoms. The van der Waals surface area contributed by atoms with Crippen molar-refractivity contribution in [2.24, 2.45) is 0 Å². The SMILES string of the molecule is CC1=CC(NC(=O)CC(C)(C)NC[C@@H](C)O)C(=O)N(Cc2ccc(-c3ccccc3-c3nn[nH]n3)cc2)c2ccccc21. The number of aliphatic hydroxyl groups excluding tert-OH is 1. The van der Waals surface area contributed by atoms with Crippen LogP contribution in [0.2, 0.25) is 0 Å². The number of aromatic amines is 1. The molecule has 0 saturated heterocycles. The number of amides is 2. The zero-order valence-corrected chi connectivity index (χ0v) is 24.8. The quantitative estimate of drug-likeness (QED) is 0.222. The van der Waals surface area contributed by atoms with Gasteiger partial charge in [0.1, 0.15) is 6.04 Å². The van der Waals surface area contributed by atoms with Crippen molar-refractivity contribution in [1.29, 1.82) is 0 Å². The molecular weight excluding hydrogens is 542 g/mol. The molecular formula is C33H37N7O3. The number of carbonyl (C=O) groups excluding carboxylic acids is 2. The lowest BCUT2D eigenvalue weighted by Crippen LogP contribution is -2.51. The summed E-state index contributed by atoms with van der Waals surface area (Å²) in [6, 6.07) is 22.9. The van der Waals surface area contributed by atoms with Crippen molar-refractivity contribution in [3.63, 3.8) is 0 Å². The number of allylic oxidation sites excluding steroid dienone is 1. The number of anilines is 1. The third kappa shape index (κ3) is 7.04. The Labute approximate surface area is 251 Å². The van der Waals surface area contributed by atoms with E-state index in [9.17, 15) is 14.7 Å². The molecule has 1 aromatic heterocycles. The smallest absolute Gasteiger partial charge is 0.253 e. The van der Waals surface area contributed by atoms with Crippen LogP contribution < -0.4 is 15.5 Å². The lowest BCUT2D eigenvalue weighted by atomic mass is 9.98. The van der Waals surface area contributed by atoms with Crippen molar-refractivity contribution in [3.05, 3.63) is 90.0 Å². The van der Waals surface area contributed by atoms with Gasteiger partial charge in [0.15, 0.2) is 0 Å². The van der Waals surface area contributed by atoms with E-state index in [1.54, 1.807) is 11.8 Å². The number of hydrogen-bond donors (Lipinski definition) is 4. The molecule has 1 aliphatic heterocycles. The van der Waals surface area contributed by atoms with Gasteiger partial charge in [0.2, 0.25) is 11.7 Å². The molecule has 1 unspecified atom stereocenters. The predicted octanol–water partition coefficient (Wildman–Crippen LogP) is 4.11. The fraction of sp³-hybridized carbons (Fsp3) is 0.303. The van der Waals surface area contributed by atoms with Gasteiger partial charge in [-0.3, -0.25) is 9.59 Å². The van der Waals surface area contributed by atoms with Gasteiger partial charge >= 0.3 is 0 Å². The van der Waals surface area contributed by atoms with Crippen molar-refractivity contribution in [2.75, 3.05) is 11.4 Å². The maximum atomic E-state index is 14.0. The molecule has 0 aliphatic carbocycles. The highest BCUT2D eigenvalue weighted by atomic mass is 16.3. The second-order valence-electron chi connectivity index (χ2n) is 11.6. The van der Waals surface area contributed by atoms with Crippen LogP contribution in [0.4, 0.5) is 5.69 Å². The topological polar surface area (TPSA) is 136 Å². The van der Waals surface area contributed by atoms with Gasteiger partial charge in [-0.1, -0.05) is 66.7 Å². The fourth-order valence-electron chi connectivity index (χ4n) is 5.30. The Hall–Kier alpha value is -4.67. The zero-order chi connectivity index (χ0) is 30.6. The lowest BCUT2D eigenvalue weighted by Gasteiger charge is -2.29. The molecule has 222 valence electrons. The van der Waals surface area contributed by atoms with E-state index in [1.165, 1.54) is 0 Å². The molecule has 10 nitrogen and oxygen atoms in total. The third-order valence-corrected chi connectivity index (χ3v) is 7.48. The Morgan fingerprint density at radius 2 is 1.70 bits per heavy atom. The van der Waals surface area contributed by atoms with Gasteiger partial charge in [0.05, 0.1) is 18.3 Å². The first-order chi connectivity index (χ1) is 20.6. The average molecular weight is 580 g/mol. The van der Waals surface area contributed by atoms with Crippen LogP contribution in [0, 0.1) is 0 Å². The standard InChI is InChI=1S/C33H37N7O3/c1-21-17-28(35-30(42)18-33(3,4)34-19-22(2)41)32(43)40(29-12-8-7-9-25(21)29)20-23-13-15-24(16-14-23)26-10-5-6-11-27(26)31-36-38-39-37-31/h5-17,22,28,34,41H,18-20H2,1-4H3,(H,35,42)(H,36,37,38,39)/t22-,28?/m1/s1. The highest BCUT2D eigenvalue weighted by Crippen LogP contribution is 2.33. The zero-order valence-electron chi connectivity index (χ0n) is 24.8. The second-order valence-corrected chi connectivity index (χ2v) is 11.6. The molecule has 2 heterocycles. The Morgan fingerprint density at radius 1 is 1.02 bits per heavy atom. The van der Waals surface area contributed by atoms with E-state index >= 15 is 0 Å². The summed E-state index contributed by atoms with van der Waals surface area (Å²) in [6.45, 7) is 8.15. The number of benzene rings is 3. The molecule has 4 aromatic rings. The predicted molar refractivity (Wildman–Crippen MR) is 167 cm³/mol. The maximum Gasteiger partial charge on any atom is 0.253 e. The van der Waals surface area contributed by atoms with Crippen molar-refractivity contribution >= 4 is 23.1 Å². The molecule has 2 atom stereocenters. The number of tetrazole rings is 1. The first kappa shape index (κ1) is 29.8. The summed E-state index contributed by atoms with van der Waals surface area (Å²) in [5.41, 5.74) is 5.86. The van der Waals surface area contributed by atoms with E-state index in [2.05, 4.69) is 31.3 Å². The van der Waals surface area contributed by atoms with Gasteiger partial charge in [0, 0.05) is 29.6 Å². The number of rotatable bonds is 10. The second kappa shape index (κ2) is 12.7. The van der Waals surface area contributed by atoms with Gasteiger partial charge in [-0.05, 0) is 67.3 Å². The highest BCUT2D eigenvalue weighted by Gasteiger charge is 2.32. The number of aliphatic hydroxyl groups is 1. The molecule has 5 rings (SSSR count). The van der Waals surface area contributed by atoms with Crippen molar-refractivity contribution in [2.45, 2.75) is 58.3 Å². The van der Waals surface area contributed by atoms with Crippen LogP contribution in [0.5, 0.6) is 0 Å². The van der Waals surface area contributed by atoms with E-state index in [1.807, 2.05) is 99.6 Å². The number of fused-ring (bicyclic) bond motifs is 1. The minimum Gasteiger partial charge on any atom is -0.392 e. The van der Waals surface area contributed by atoms with Crippen molar-refractivity contribution in [3.8, 4) is 22.5 Å². The number of β-amino-alcohol motifs (C(OH)–C–C–N with tert-alkyl or cyclic N) is 1. The number of nitrogens with zero attached hydrogens (tertiary/aromatic N) is 4. The first-order valence-corrected chi connectivity index (χ1v) is 14.3. The van der Waals surface area contributed by atoms with Crippen molar-refractivity contribution in [1.82, 2.24) is 31.3 Å².